The SMILES string of the molecule is CC.O=C(Cc1ccccc1)c1ccccc1. The molecule has 0 N–H and O–H groups in total. The molecule has 1 heteroatoms. The fourth-order valence-corrected chi connectivity index (χ4v) is 1.51. The highest BCUT2D eigenvalue weighted by atomic mass is 16.1. The summed E-state index contributed by atoms with van der Waals surface area (Å²) in [5, 5.41) is 0. The smallest absolute Gasteiger partial charge is 0.167 e. The molecule has 2 rings (SSSR count). The molecule has 0 aromatic heterocycles. The third kappa shape index (κ3) is 4.23. The fourth-order valence-electron chi connectivity index (χ4n) is 1.51. The molecule has 0 heterocycles. The number of carbonyl (C=O) groups excluding carboxylic acids is 1. The van der Waals surface area contributed by atoms with E-state index < -0.39 is 0 Å². The van der Waals surface area contributed by atoms with Gasteiger partial charge in [-0.2, -0.15) is 0 Å². The Kier molecular flexibility index (Phi) is 5.73. The molecule has 17 heavy (non-hydrogen) atoms. The quantitative estimate of drug-likeness (QED) is 0.719. The van der Waals surface area contributed by atoms with Crippen LogP contribution in [0.1, 0.15) is 29.8 Å². The van der Waals surface area contributed by atoms with Crippen LogP contribution in [-0.4, -0.2) is 5.78 Å². The number of carbonyl (C=O) groups is 1. The Morgan fingerprint density at radius 1 is 0.824 bits per heavy atom. The minimum absolute atomic E-state index is 0.168. The number of ketones is 1. The Bertz CT molecular complexity index is 432. The van der Waals surface area contributed by atoms with Crippen molar-refractivity contribution >= 4 is 5.78 Å². The molecule has 0 bridgehead atoms. The molecule has 88 valence electrons. The zero-order valence-corrected chi connectivity index (χ0v) is 10.4. The summed E-state index contributed by atoms with van der Waals surface area (Å²) in [6.45, 7) is 4.00. The first-order valence-electron chi connectivity index (χ1n) is 5.98. The first-order chi connectivity index (χ1) is 8.36. The van der Waals surface area contributed by atoms with Gasteiger partial charge >= 0.3 is 0 Å². The van der Waals surface area contributed by atoms with Crippen LogP contribution in [0.15, 0.2) is 60.7 Å². The zero-order chi connectivity index (χ0) is 12.5. The average Bonchev–Trinajstić information content (AvgIpc) is 2.43. The van der Waals surface area contributed by atoms with Crippen LogP contribution in [0.4, 0.5) is 0 Å². The van der Waals surface area contributed by atoms with E-state index in [0.29, 0.717) is 6.42 Å². The molecule has 1 nitrogen and oxygen atoms in total. The standard InChI is InChI=1S/C14H12O.C2H6/c15-14(13-9-5-2-6-10-13)11-12-7-3-1-4-8-12;1-2/h1-10H,11H2;1-2H3. The fraction of sp³-hybridized carbons (Fsp3) is 0.188. The predicted molar refractivity (Wildman–Crippen MR) is 72.3 cm³/mol. The lowest BCUT2D eigenvalue weighted by molar-refractivity contribution is 0.0993. The lowest BCUT2D eigenvalue weighted by Crippen LogP contribution is -2.02. The molecule has 0 amide bonds. The maximum atomic E-state index is 11.8. The molecule has 0 unspecified atom stereocenters. The van der Waals surface area contributed by atoms with Gasteiger partial charge in [-0.15, -0.1) is 0 Å². The van der Waals surface area contributed by atoms with Gasteiger partial charge in [-0.1, -0.05) is 74.5 Å². The van der Waals surface area contributed by atoms with E-state index in [0.717, 1.165) is 11.1 Å². The molecule has 0 radical (unpaired) electrons. The van der Waals surface area contributed by atoms with E-state index in [1.807, 2.05) is 74.5 Å². The van der Waals surface area contributed by atoms with E-state index in [9.17, 15) is 4.79 Å². The lowest BCUT2D eigenvalue weighted by atomic mass is 10.0. The van der Waals surface area contributed by atoms with E-state index in [-0.39, 0.29) is 5.78 Å². The largest absolute Gasteiger partial charge is 0.294 e. The summed E-state index contributed by atoms with van der Waals surface area (Å²) in [5.41, 5.74) is 1.84. The number of Topliss-reactive ketones (excluding diaryl/α,β-unsaturated/α-hetero) is 1. The van der Waals surface area contributed by atoms with Gasteiger partial charge in [0, 0.05) is 12.0 Å². The van der Waals surface area contributed by atoms with Gasteiger partial charge < -0.3 is 0 Å². The van der Waals surface area contributed by atoms with Crippen molar-refractivity contribution in [1.29, 1.82) is 0 Å². The first kappa shape index (κ1) is 13.2. The van der Waals surface area contributed by atoms with Crippen LogP contribution in [0, 0.1) is 0 Å². The third-order valence-corrected chi connectivity index (χ3v) is 2.30. The van der Waals surface area contributed by atoms with Gasteiger partial charge in [-0.3, -0.25) is 4.79 Å². The van der Waals surface area contributed by atoms with Gasteiger partial charge in [0.15, 0.2) is 5.78 Å². The van der Waals surface area contributed by atoms with Crippen LogP contribution < -0.4 is 0 Å². The van der Waals surface area contributed by atoms with Crippen LogP contribution in [-0.2, 0) is 6.42 Å². The van der Waals surface area contributed by atoms with Crippen molar-refractivity contribution in [2.24, 2.45) is 0 Å². The van der Waals surface area contributed by atoms with Crippen LogP contribution in [0.2, 0.25) is 0 Å². The van der Waals surface area contributed by atoms with E-state index in [4.69, 9.17) is 0 Å². The zero-order valence-electron chi connectivity index (χ0n) is 10.4. The van der Waals surface area contributed by atoms with Crippen LogP contribution >= 0.6 is 0 Å². The van der Waals surface area contributed by atoms with Crippen molar-refractivity contribution in [2.75, 3.05) is 0 Å². The predicted octanol–water partition coefficient (Wildman–Crippen LogP) is 4.14. The Morgan fingerprint density at radius 3 is 1.82 bits per heavy atom. The van der Waals surface area contributed by atoms with E-state index in [2.05, 4.69) is 0 Å². The average molecular weight is 226 g/mol. The molecule has 0 saturated carbocycles. The van der Waals surface area contributed by atoms with Gasteiger partial charge in [0.2, 0.25) is 0 Å². The molecule has 0 fully saturated rings. The van der Waals surface area contributed by atoms with Crippen molar-refractivity contribution in [3.8, 4) is 0 Å². The minimum atomic E-state index is 0.168. The molecule has 0 atom stereocenters. The van der Waals surface area contributed by atoms with Crippen molar-refractivity contribution in [3.63, 3.8) is 0 Å². The topological polar surface area (TPSA) is 17.1 Å². The molecule has 0 aliphatic rings. The Balaban J connectivity index is 0.000000686. The van der Waals surface area contributed by atoms with Gasteiger partial charge in [0.05, 0.1) is 0 Å². The van der Waals surface area contributed by atoms with Crippen molar-refractivity contribution < 1.29 is 4.79 Å². The van der Waals surface area contributed by atoms with Crippen molar-refractivity contribution in [2.45, 2.75) is 20.3 Å². The second-order valence-electron chi connectivity index (χ2n) is 3.45. The number of hydrogen-bond acceptors (Lipinski definition) is 1. The Morgan fingerprint density at radius 2 is 1.29 bits per heavy atom. The van der Waals surface area contributed by atoms with E-state index in [1.165, 1.54) is 0 Å². The van der Waals surface area contributed by atoms with Crippen LogP contribution in [0.3, 0.4) is 0 Å². The lowest BCUT2D eigenvalue weighted by Gasteiger charge is -2.00. The van der Waals surface area contributed by atoms with Crippen LogP contribution in [0.5, 0.6) is 0 Å². The highest BCUT2D eigenvalue weighted by molar-refractivity contribution is 5.97. The van der Waals surface area contributed by atoms with Gasteiger partial charge in [-0.05, 0) is 5.56 Å². The summed E-state index contributed by atoms with van der Waals surface area (Å²) in [4.78, 5) is 11.8. The summed E-state index contributed by atoms with van der Waals surface area (Å²) < 4.78 is 0. The minimum Gasteiger partial charge on any atom is -0.294 e. The van der Waals surface area contributed by atoms with Crippen molar-refractivity contribution in [1.82, 2.24) is 0 Å². The molecule has 2 aromatic carbocycles. The first-order valence-corrected chi connectivity index (χ1v) is 5.98. The van der Waals surface area contributed by atoms with Gasteiger partial charge in [-0.25, -0.2) is 0 Å². The summed E-state index contributed by atoms with van der Waals surface area (Å²) in [7, 11) is 0. The van der Waals surface area contributed by atoms with Gasteiger partial charge in [0.1, 0.15) is 0 Å². The van der Waals surface area contributed by atoms with Crippen molar-refractivity contribution in [3.05, 3.63) is 71.8 Å². The van der Waals surface area contributed by atoms with E-state index in [1.54, 1.807) is 0 Å². The summed E-state index contributed by atoms with van der Waals surface area (Å²) in [5.74, 6) is 0.168. The molecular formula is C16H18O. The monoisotopic (exact) mass is 226 g/mol. The number of hydrogen-bond donors (Lipinski definition) is 0. The summed E-state index contributed by atoms with van der Waals surface area (Å²) in [6, 6.07) is 19.2. The summed E-state index contributed by atoms with van der Waals surface area (Å²) in [6.07, 6.45) is 0.477. The highest BCUT2D eigenvalue weighted by Gasteiger charge is 2.05. The normalized spacial score (nSPS) is 9.06. The molecular weight excluding hydrogens is 208 g/mol. The van der Waals surface area contributed by atoms with Crippen LogP contribution in [0.25, 0.3) is 0 Å². The van der Waals surface area contributed by atoms with Gasteiger partial charge in [0.25, 0.3) is 0 Å². The second-order valence-corrected chi connectivity index (χ2v) is 3.45. The second kappa shape index (κ2) is 7.39. The number of benzene rings is 2. The molecule has 0 aliphatic heterocycles. The number of rotatable bonds is 3. The Hall–Kier alpha value is -1.89. The third-order valence-electron chi connectivity index (χ3n) is 2.30. The maximum absolute atomic E-state index is 11.8. The maximum Gasteiger partial charge on any atom is 0.167 e. The van der Waals surface area contributed by atoms with E-state index >= 15 is 0 Å². The molecule has 0 spiro atoms. The summed E-state index contributed by atoms with van der Waals surface area (Å²) >= 11 is 0. The molecule has 0 aliphatic carbocycles. The molecule has 2 aromatic rings. The highest BCUT2D eigenvalue weighted by Crippen LogP contribution is 2.06. The molecule has 0 saturated heterocycles. The Labute approximate surface area is 103 Å².